The molecule has 3 rings (SSSR count). The van der Waals surface area contributed by atoms with Crippen LogP contribution in [0.2, 0.25) is 0 Å². The molecule has 1 aromatic carbocycles. The third-order valence-corrected chi connectivity index (χ3v) is 3.79. The predicted molar refractivity (Wildman–Crippen MR) is 69.7 cm³/mol. The lowest BCUT2D eigenvalue weighted by atomic mass is 10.1. The van der Waals surface area contributed by atoms with Crippen molar-refractivity contribution in [3.05, 3.63) is 23.8 Å². The minimum absolute atomic E-state index is 0.699. The summed E-state index contributed by atoms with van der Waals surface area (Å²) in [4.78, 5) is 2.38. The van der Waals surface area contributed by atoms with Gasteiger partial charge in [-0.2, -0.15) is 0 Å². The van der Waals surface area contributed by atoms with Gasteiger partial charge in [-0.15, -0.1) is 0 Å². The lowest BCUT2D eigenvalue weighted by molar-refractivity contribution is 0.247. The van der Waals surface area contributed by atoms with Gasteiger partial charge in [-0.3, -0.25) is 0 Å². The Labute approximate surface area is 103 Å². The van der Waals surface area contributed by atoms with Gasteiger partial charge in [0.1, 0.15) is 5.75 Å². The SMILES string of the molecule is CN1CCC(COc2cccc3c2CCN3)C1. The van der Waals surface area contributed by atoms with Crippen molar-refractivity contribution in [3.63, 3.8) is 0 Å². The summed E-state index contributed by atoms with van der Waals surface area (Å²) in [6.07, 6.45) is 2.36. The van der Waals surface area contributed by atoms with Crippen LogP contribution in [0.15, 0.2) is 18.2 Å². The fourth-order valence-corrected chi connectivity index (χ4v) is 2.82. The molecule has 0 radical (unpaired) electrons. The molecular formula is C14H20N2O. The van der Waals surface area contributed by atoms with Gasteiger partial charge in [0, 0.05) is 30.3 Å². The topological polar surface area (TPSA) is 24.5 Å². The highest BCUT2D eigenvalue weighted by atomic mass is 16.5. The summed E-state index contributed by atoms with van der Waals surface area (Å²) >= 11 is 0. The maximum absolute atomic E-state index is 6.01. The summed E-state index contributed by atoms with van der Waals surface area (Å²) in [6.45, 7) is 4.29. The molecule has 0 amide bonds. The quantitative estimate of drug-likeness (QED) is 0.862. The number of ether oxygens (including phenoxy) is 1. The number of hydrogen-bond donors (Lipinski definition) is 1. The smallest absolute Gasteiger partial charge is 0.124 e. The van der Waals surface area contributed by atoms with Crippen molar-refractivity contribution >= 4 is 5.69 Å². The minimum atomic E-state index is 0.699. The molecule has 0 aromatic heterocycles. The molecule has 92 valence electrons. The molecular weight excluding hydrogens is 212 g/mol. The number of rotatable bonds is 3. The van der Waals surface area contributed by atoms with Crippen LogP contribution in [0, 0.1) is 5.92 Å². The second-order valence-electron chi connectivity index (χ2n) is 5.19. The Morgan fingerprint density at radius 1 is 1.47 bits per heavy atom. The molecule has 2 aliphatic heterocycles. The number of nitrogens with one attached hydrogen (secondary N) is 1. The predicted octanol–water partition coefficient (Wildman–Crippen LogP) is 1.99. The first-order valence-corrected chi connectivity index (χ1v) is 6.50. The van der Waals surface area contributed by atoms with E-state index in [4.69, 9.17) is 4.74 Å². The number of anilines is 1. The van der Waals surface area contributed by atoms with E-state index in [1.165, 1.54) is 30.8 Å². The third-order valence-electron chi connectivity index (χ3n) is 3.79. The van der Waals surface area contributed by atoms with Crippen LogP contribution < -0.4 is 10.1 Å². The Morgan fingerprint density at radius 3 is 3.24 bits per heavy atom. The average Bonchev–Trinajstić information content (AvgIpc) is 2.94. The summed E-state index contributed by atoms with van der Waals surface area (Å²) in [6, 6.07) is 6.32. The van der Waals surface area contributed by atoms with Crippen molar-refractivity contribution in [1.29, 1.82) is 0 Å². The van der Waals surface area contributed by atoms with Crippen molar-refractivity contribution in [3.8, 4) is 5.75 Å². The van der Waals surface area contributed by atoms with E-state index in [1.807, 2.05) is 0 Å². The normalized spacial score (nSPS) is 23.5. The maximum atomic E-state index is 6.01. The van der Waals surface area contributed by atoms with E-state index in [0.29, 0.717) is 5.92 Å². The van der Waals surface area contributed by atoms with Gasteiger partial charge >= 0.3 is 0 Å². The lowest BCUT2D eigenvalue weighted by Crippen LogP contribution is -2.18. The van der Waals surface area contributed by atoms with Crippen LogP contribution in [0.1, 0.15) is 12.0 Å². The zero-order chi connectivity index (χ0) is 11.7. The van der Waals surface area contributed by atoms with E-state index in [9.17, 15) is 0 Å². The van der Waals surface area contributed by atoms with Crippen molar-refractivity contribution in [2.75, 3.05) is 38.6 Å². The van der Waals surface area contributed by atoms with Gasteiger partial charge in [0.05, 0.1) is 6.61 Å². The zero-order valence-electron chi connectivity index (χ0n) is 10.4. The van der Waals surface area contributed by atoms with Gasteiger partial charge in [0.2, 0.25) is 0 Å². The first kappa shape index (κ1) is 10.9. The van der Waals surface area contributed by atoms with Crippen LogP contribution in [-0.2, 0) is 6.42 Å². The van der Waals surface area contributed by atoms with E-state index in [1.54, 1.807) is 0 Å². The Kier molecular flexibility index (Phi) is 2.93. The average molecular weight is 232 g/mol. The summed E-state index contributed by atoms with van der Waals surface area (Å²) in [7, 11) is 2.18. The van der Waals surface area contributed by atoms with Crippen molar-refractivity contribution in [2.24, 2.45) is 5.92 Å². The highest BCUT2D eigenvalue weighted by Crippen LogP contribution is 2.31. The van der Waals surface area contributed by atoms with E-state index in [0.717, 1.165) is 25.3 Å². The van der Waals surface area contributed by atoms with Crippen LogP contribution in [0.4, 0.5) is 5.69 Å². The zero-order valence-corrected chi connectivity index (χ0v) is 10.4. The van der Waals surface area contributed by atoms with E-state index in [-0.39, 0.29) is 0 Å². The number of nitrogens with zero attached hydrogens (tertiary/aromatic N) is 1. The van der Waals surface area contributed by atoms with Crippen LogP contribution in [0.25, 0.3) is 0 Å². The van der Waals surface area contributed by atoms with E-state index in [2.05, 4.69) is 35.5 Å². The standard InChI is InChI=1S/C14H20N2O/c1-16-8-6-11(9-16)10-17-14-4-2-3-13-12(14)5-7-15-13/h2-4,11,15H,5-10H2,1H3. The van der Waals surface area contributed by atoms with Crippen LogP contribution in [0.5, 0.6) is 5.75 Å². The molecule has 1 N–H and O–H groups in total. The fraction of sp³-hybridized carbons (Fsp3) is 0.571. The summed E-state index contributed by atoms with van der Waals surface area (Å²) in [5.41, 5.74) is 2.62. The Morgan fingerprint density at radius 2 is 2.41 bits per heavy atom. The maximum Gasteiger partial charge on any atom is 0.124 e. The molecule has 0 aliphatic carbocycles. The van der Waals surface area contributed by atoms with E-state index >= 15 is 0 Å². The van der Waals surface area contributed by atoms with Crippen molar-refractivity contribution < 1.29 is 4.74 Å². The molecule has 1 unspecified atom stereocenters. The molecule has 0 bridgehead atoms. The second kappa shape index (κ2) is 4.57. The molecule has 1 atom stereocenters. The molecule has 0 spiro atoms. The molecule has 2 aliphatic rings. The monoisotopic (exact) mass is 232 g/mol. The molecule has 3 heteroatoms. The highest BCUT2D eigenvalue weighted by Gasteiger charge is 2.21. The molecule has 17 heavy (non-hydrogen) atoms. The molecule has 1 fully saturated rings. The van der Waals surface area contributed by atoms with Crippen molar-refractivity contribution in [2.45, 2.75) is 12.8 Å². The number of likely N-dealkylation sites (tertiary alicyclic amines) is 1. The minimum Gasteiger partial charge on any atom is -0.493 e. The number of hydrogen-bond acceptors (Lipinski definition) is 3. The molecule has 2 heterocycles. The van der Waals surface area contributed by atoms with Crippen LogP contribution in [-0.4, -0.2) is 38.2 Å². The van der Waals surface area contributed by atoms with Gasteiger partial charge < -0.3 is 15.0 Å². The van der Waals surface area contributed by atoms with Gasteiger partial charge in [0.25, 0.3) is 0 Å². The van der Waals surface area contributed by atoms with Gasteiger partial charge in [-0.25, -0.2) is 0 Å². The summed E-state index contributed by atoms with van der Waals surface area (Å²) in [5.74, 6) is 1.78. The Bertz CT molecular complexity index is 405. The van der Waals surface area contributed by atoms with Gasteiger partial charge in [-0.05, 0) is 38.6 Å². The first-order valence-electron chi connectivity index (χ1n) is 6.50. The highest BCUT2D eigenvalue weighted by molar-refractivity contribution is 5.61. The number of fused-ring (bicyclic) bond motifs is 1. The lowest BCUT2D eigenvalue weighted by Gasteiger charge is -2.14. The largest absolute Gasteiger partial charge is 0.493 e. The Hall–Kier alpha value is -1.22. The van der Waals surface area contributed by atoms with E-state index < -0.39 is 0 Å². The molecule has 0 saturated carbocycles. The molecule has 3 nitrogen and oxygen atoms in total. The molecule has 1 saturated heterocycles. The fourth-order valence-electron chi connectivity index (χ4n) is 2.82. The third kappa shape index (κ3) is 2.25. The summed E-state index contributed by atoms with van der Waals surface area (Å²) < 4.78 is 6.01. The van der Waals surface area contributed by atoms with Gasteiger partial charge in [0.15, 0.2) is 0 Å². The summed E-state index contributed by atoms with van der Waals surface area (Å²) in [5, 5.41) is 3.39. The molecule has 1 aromatic rings. The van der Waals surface area contributed by atoms with Crippen LogP contribution >= 0.6 is 0 Å². The Balaban J connectivity index is 1.64. The van der Waals surface area contributed by atoms with Gasteiger partial charge in [-0.1, -0.05) is 6.07 Å². The number of benzene rings is 1. The first-order chi connectivity index (χ1) is 8.33. The van der Waals surface area contributed by atoms with Crippen molar-refractivity contribution in [1.82, 2.24) is 4.90 Å². The van der Waals surface area contributed by atoms with Crippen LogP contribution in [0.3, 0.4) is 0 Å². The second-order valence-corrected chi connectivity index (χ2v) is 5.19.